The highest BCUT2D eigenvalue weighted by molar-refractivity contribution is 9.10. The molecule has 92 valence electrons. The molecule has 1 aromatic heterocycles. The van der Waals surface area contributed by atoms with Crippen molar-refractivity contribution in [3.63, 3.8) is 0 Å². The minimum atomic E-state index is -0.950. The fraction of sp³-hybridized carbons (Fsp3) is 0.0769. The smallest absolute Gasteiger partial charge is 0.338 e. The highest BCUT2D eigenvalue weighted by Gasteiger charge is 2.11. The van der Waals surface area contributed by atoms with Gasteiger partial charge < -0.3 is 5.11 Å². The zero-order chi connectivity index (χ0) is 13.1. The zero-order valence-electron chi connectivity index (χ0n) is 9.55. The number of aromatic carboxylic acids is 1. The van der Waals surface area contributed by atoms with Crippen LogP contribution in [0.3, 0.4) is 0 Å². The van der Waals surface area contributed by atoms with Crippen molar-refractivity contribution in [2.45, 2.75) is 4.90 Å². The number of pyridine rings is 1. The maximum Gasteiger partial charge on any atom is 0.338 e. The summed E-state index contributed by atoms with van der Waals surface area (Å²) in [6.45, 7) is 0. The second-order valence-electron chi connectivity index (χ2n) is 3.58. The van der Waals surface area contributed by atoms with Gasteiger partial charge in [-0.3, -0.25) is 4.98 Å². The molecular weight excluding hydrogens is 314 g/mol. The number of rotatable bonds is 3. The van der Waals surface area contributed by atoms with E-state index in [9.17, 15) is 4.79 Å². The van der Waals surface area contributed by atoms with Crippen LogP contribution in [-0.4, -0.2) is 22.3 Å². The molecule has 18 heavy (non-hydrogen) atoms. The third-order valence-electron chi connectivity index (χ3n) is 2.46. The van der Waals surface area contributed by atoms with Crippen molar-refractivity contribution in [2.75, 3.05) is 6.26 Å². The molecule has 3 nitrogen and oxygen atoms in total. The molecular formula is C13H10BrNO2S. The number of aromatic nitrogens is 1. The number of carboxylic acid groups (broad SMARTS) is 1. The number of hydrogen-bond donors (Lipinski definition) is 1. The lowest BCUT2D eigenvalue weighted by molar-refractivity contribution is 0.0692. The van der Waals surface area contributed by atoms with Crippen molar-refractivity contribution in [1.29, 1.82) is 0 Å². The molecule has 0 saturated carbocycles. The van der Waals surface area contributed by atoms with Gasteiger partial charge in [0.2, 0.25) is 0 Å². The summed E-state index contributed by atoms with van der Waals surface area (Å²) < 4.78 is 0.999. The fourth-order valence-electron chi connectivity index (χ4n) is 1.54. The Kier molecular flexibility index (Phi) is 4.04. The molecule has 0 bridgehead atoms. The summed E-state index contributed by atoms with van der Waals surface area (Å²) in [6, 6.07) is 9.55. The summed E-state index contributed by atoms with van der Waals surface area (Å²) in [7, 11) is 0. The SMILES string of the molecule is CSc1cc(-c2ccc(Br)cc2)ncc1C(=O)O. The molecule has 0 unspecified atom stereocenters. The number of halogens is 1. The Bertz CT molecular complexity index is 584. The van der Waals surface area contributed by atoms with Crippen LogP contribution < -0.4 is 0 Å². The van der Waals surface area contributed by atoms with E-state index >= 15 is 0 Å². The summed E-state index contributed by atoms with van der Waals surface area (Å²) in [5.74, 6) is -0.950. The molecule has 0 radical (unpaired) electrons. The maximum absolute atomic E-state index is 11.0. The minimum Gasteiger partial charge on any atom is -0.478 e. The Labute approximate surface area is 117 Å². The molecule has 1 N–H and O–H groups in total. The van der Waals surface area contributed by atoms with Gasteiger partial charge >= 0.3 is 5.97 Å². The van der Waals surface area contributed by atoms with Crippen LogP contribution >= 0.6 is 27.7 Å². The molecule has 0 atom stereocenters. The van der Waals surface area contributed by atoms with Crippen molar-refractivity contribution in [1.82, 2.24) is 4.98 Å². The van der Waals surface area contributed by atoms with E-state index in [4.69, 9.17) is 5.11 Å². The highest BCUT2D eigenvalue weighted by atomic mass is 79.9. The van der Waals surface area contributed by atoms with Crippen molar-refractivity contribution >= 4 is 33.7 Å². The number of benzene rings is 1. The largest absolute Gasteiger partial charge is 0.478 e. The topological polar surface area (TPSA) is 50.2 Å². The van der Waals surface area contributed by atoms with Gasteiger partial charge in [-0.05, 0) is 24.5 Å². The average Bonchev–Trinajstić information content (AvgIpc) is 2.38. The Morgan fingerprint density at radius 2 is 2.00 bits per heavy atom. The Balaban J connectivity index is 2.47. The molecule has 0 fully saturated rings. The molecule has 0 aliphatic heterocycles. The number of carbonyl (C=O) groups is 1. The van der Waals surface area contributed by atoms with Crippen molar-refractivity contribution in [3.8, 4) is 11.3 Å². The molecule has 2 rings (SSSR count). The number of hydrogen-bond acceptors (Lipinski definition) is 3. The van der Waals surface area contributed by atoms with E-state index in [2.05, 4.69) is 20.9 Å². The summed E-state index contributed by atoms with van der Waals surface area (Å²) in [5.41, 5.74) is 1.98. The van der Waals surface area contributed by atoms with Gasteiger partial charge in [-0.2, -0.15) is 0 Å². The standard InChI is InChI=1S/C13H10BrNO2S/c1-18-12-6-11(15-7-10(12)13(16)17)8-2-4-9(14)5-3-8/h2-7H,1H3,(H,16,17). The van der Waals surface area contributed by atoms with Gasteiger partial charge in [-0.1, -0.05) is 28.1 Å². The average molecular weight is 324 g/mol. The summed E-state index contributed by atoms with van der Waals surface area (Å²) in [4.78, 5) is 15.9. The third kappa shape index (κ3) is 2.73. The van der Waals surface area contributed by atoms with Crippen LogP contribution in [0.15, 0.2) is 45.9 Å². The maximum atomic E-state index is 11.0. The molecule has 0 saturated heterocycles. The van der Waals surface area contributed by atoms with Gasteiger partial charge in [-0.25, -0.2) is 4.79 Å². The molecule has 0 spiro atoms. The number of thioether (sulfide) groups is 1. The van der Waals surface area contributed by atoms with Gasteiger partial charge in [0.1, 0.15) is 0 Å². The molecule has 0 amide bonds. The van der Waals surface area contributed by atoms with E-state index in [0.29, 0.717) is 0 Å². The van der Waals surface area contributed by atoms with Crippen LogP contribution in [0, 0.1) is 0 Å². The van der Waals surface area contributed by atoms with E-state index in [0.717, 1.165) is 20.6 Å². The van der Waals surface area contributed by atoms with E-state index < -0.39 is 5.97 Å². The van der Waals surface area contributed by atoms with E-state index in [1.54, 1.807) is 6.07 Å². The van der Waals surface area contributed by atoms with Crippen molar-refractivity contribution < 1.29 is 9.90 Å². The lowest BCUT2D eigenvalue weighted by Gasteiger charge is -2.06. The zero-order valence-corrected chi connectivity index (χ0v) is 12.0. The van der Waals surface area contributed by atoms with Gasteiger partial charge in [-0.15, -0.1) is 11.8 Å². The van der Waals surface area contributed by atoms with Crippen LogP contribution in [0.2, 0.25) is 0 Å². The van der Waals surface area contributed by atoms with Crippen LogP contribution in [0.4, 0.5) is 0 Å². The van der Waals surface area contributed by atoms with E-state index in [1.807, 2.05) is 30.5 Å². The van der Waals surface area contributed by atoms with Crippen LogP contribution in [0.1, 0.15) is 10.4 Å². The quantitative estimate of drug-likeness (QED) is 0.869. The second-order valence-corrected chi connectivity index (χ2v) is 5.35. The monoisotopic (exact) mass is 323 g/mol. The molecule has 0 aliphatic carbocycles. The minimum absolute atomic E-state index is 0.239. The predicted molar refractivity (Wildman–Crippen MR) is 76.1 cm³/mol. The first kappa shape index (κ1) is 13.1. The Morgan fingerprint density at radius 1 is 1.33 bits per heavy atom. The highest BCUT2D eigenvalue weighted by Crippen LogP contribution is 2.26. The molecule has 5 heteroatoms. The van der Waals surface area contributed by atoms with E-state index in [-0.39, 0.29) is 5.56 Å². The van der Waals surface area contributed by atoms with Gasteiger partial charge in [0, 0.05) is 21.1 Å². The first-order chi connectivity index (χ1) is 8.61. The lowest BCUT2D eigenvalue weighted by atomic mass is 10.1. The van der Waals surface area contributed by atoms with E-state index in [1.165, 1.54) is 18.0 Å². The molecule has 1 aromatic carbocycles. The Hall–Kier alpha value is -1.33. The summed E-state index contributed by atoms with van der Waals surface area (Å²) in [6.07, 6.45) is 3.26. The van der Waals surface area contributed by atoms with Crippen LogP contribution in [0.5, 0.6) is 0 Å². The van der Waals surface area contributed by atoms with Crippen molar-refractivity contribution in [2.24, 2.45) is 0 Å². The predicted octanol–water partition coefficient (Wildman–Crippen LogP) is 3.93. The second kappa shape index (κ2) is 5.54. The van der Waals surface area contributed by atoms with Gasteiger partial charge in [0.05, 0.1) is 11.3 Å². The van der Waals surface area contributed by atoms with Crippen LogP contribution in [-0.2, 0) is 0 Å². The molecule has 2 aromatic rings. The van der Waals surface area contributed by atoms with Crippen LogP contribution in [0.25, 0.3) is 11.3 Å². The Morgan fingerprint density at radius 3 is 2.56 bits per heavy atom. The normalized spacial score (nSPS) is 10.3. The number of carboxylic acids is 1. The summed E-state index contributed by atoms with van der Waals surface area (Å²) in [5, 5.41) is 9.04. The van der Waals surface area contributed by atoms with Crippen molar-refractivity contribution in [3.05, 3.63) is 46.6 Å². The summed E-state index contributed by atoms with van der Waals surface area (Å²) >= 11 is 4.78. The first-order valence-corrected chi connectivity index (χ1v) is 7.17. The first-order valence-electron chi connectivity index (χ1n) is 5.15. The third-order valence-corrected chi connectivity index (χ3v) is 3.76. The fourth-order valence-corrected chi connectivity index (χ4v) is 2.40. The van der Waals surface area contributed by atoms with Gasteiger partial charge in [0.15, 0.2) is 0 Å². The van der Waals surface area contributed by atoms with Gasteiger partial charge in [0.25, 0.3) is 0 Å². The molecule has 0 aliphatic rings. The lowest BCUT2D eigenvalue weighted by Crippen LogP contribution is -2.00. The number of nitrogens with zero attached hydrogens (tertiary/aromatic N) is 1. The molecule has 1 heterocycles.